The van der Waals surface area contributed by atoms with Gasteiger partial charge < -0.3 is 14.2 Å². The number of hydrogen-bond acceptors (Lipinski definition) is 6. The highest BCUT2D eigenvalue weighted by atomic mass is 16.6. The van der Waals surface area contributed by atoms with E-state index >= 15 is 0 Å². The van der Waals surface area contributed by atoms with Gasteiger partial charge in [0.1, 0.15) is 13.2 Å². The third-order valence-corrected chi connectivity index (χ3v) is 14.7. The smallest absolute Gasteiger partial charge is 0.306 e. The Morgan fingerprint density at radius 3 is 0.836 bits per heavy atom. The van der Waals surface area contributed by atoms with Gasteiger partial charge in [0.25, 0.3) is 0 Å². The fraction of sp³-hybridized carbons (Fsp3) is 0.866. The summed E-state index contributed by atoms with van der Waals surface area (Å²) in [6, 6.07) is 0. The van der Waals surface area contributed by atoms with Gasteiger partial charge in [-0.05, 0) is 51.4 Å². The first-order chi connectivity index (χ1) is 36.0. The lowest BCUT2D eigenvalue weighted by Crippen LogP contribution is -2.30. The summed E-state index contributed by atoms with van der Waals surface area (Å²) in [6.07, 6.45) is 76.3. The van der Waals surface area contributed by atoms with Crippen LogP contribution in [0.4, 0.5) is 0 Å². The van der Waals surface area contributed by atoms with Gasteiger partial charge >= 0.3 is 17.9 Å². The van der Waals surface area contributed by atoms with Crippen molar-refractivity contribution in [2.45, 2.75) is 361 Å². The van der Waals surface area contributed by atoms with Crippen molar-refractivity contribution in [1.29, 1.82) is 0 Å². The minimum absolute atomic E-state index is 0.0720. The van der Waals surface area contributed by atoms with E-state index in [1.165, 1.54) is 231 Å². The van der Waals surface area contributed by atoms with E-state index in [1.807, 2.05) is 0 Å². The van der Waals surface area contributed by atoms with Crippen molar-refractivity contribution in [2.24, 2.45) is 0 Å². The van der Waals surface area contributed by atoms with E-state index in [0.717, 1.165) is 83.5 Å². The summed E-state index contributed by atoms with van der Waals surface area (Å²) < 4.78 is 16.8. The number of esters is 3. The topological polar surface area (TPSA) is 78.9 Å². The molecule has 73 heavy (non-hydrogen) atoms. The molecule has 0 saturated carbocycles. The molecule has 6 heteroatoms. The third-order valence-electron chi connectivity index (χ3n) is 14.7. The highest BCUT2D eigenvalue weighted by molar-refractivity contribution is 5.71. The van der Waals surface area contributed by atoms with Crippen molar-refractivity contribution in [3.63, 3.8) is 0 Å². The van der Waals surface area contributed by atoms with Gasteiger partial charge in [-0.2, -0.15) is 0 Å². The van der Waals surface area contributed by atoms with Gasteiger partial charge in [0, 0.05) is 19.3 Å². The molecule has 428 valence electrons. The second-order valence-corrected chi connectivity index (χ2v) is 22.0. The molecule has 0 amide bonds. The normalized spacial score (nSPS) is 12.2. The zero-order valence-corrected chi connectivity index (χ0v) is 49.2. The van der Waals surface area contributed by atoms with Crippen LogP contribution in [0.3, 0.4) is 0 Å². The largest absolute Gasteiger partial charge is 0.462 e. The molecule has 0 aromatic carbocycles. The lowest BCUT2D eigenvalue weighted by molar-refractivity contribution is -0.167. The summed E-state index contributed by atoms with van der Waals surface area (Å²) >= 11 is 0. The molecule has 0 fully saturated rings. The van der Waals surface area contributed by atoms with Gasteiger partial charge in [-0.3, -0.25) is 14.4 Å². The molecule has 0 saturated heterocycles. The van der Waals surface area contributed by atoms with Gasteiger partial charge in [0.05, 0.1) is 0 Å². The average Bonchev–Trinajstić information content (AvgIpc) is 3.39. The van der Waals surface area contributed by atoms with Gasteiger partial charge in [-0.25, -0.2) is 0 Å². The second kappa shape index (κ2) is 62.2. The summed E-state index contributed by atoms with van der Waals surface area (Å²) in [5, 5.41) is 0. The molecule has 0 rings (SSSR count). The van der Waals surface area contributed by atoms with Crippen LogP contribution in [0.25, 0.3) is 0 Å². The number of ether oxygens (including phenoxy) is 3. The lowest BCUT2D eigenvalue weighted by Gasteiger charge is -2.18. The van der Waals surface area contributed by atoms with Crippen molar-refractivity contribution in [3.05, 3.63) is 36.5 Å². The quantitative estimate of drug-likeness (QED) is 0.0261. The van der Waals surface area contributed by atoms with Crippen LogP contribution in [-0.4, -0.2) is 37.2 Å². The Kier molecular flexibility index (Phi) is 60.2. The van der Waals surface area contributed by atoms with E-state index in [9.17, 15) is 14.4 Å². The van der Waals surface area contributed by atoms with Crippen LogP contribution in [0.2, 0.25) is 0 Å². The minimum Gasteiger partial charge on any atom is -0.462 e. The molecule has 0 spiro atoms. The van der Waals surface area contributed by atoms with Gasteiger partial charge in [0.15, 0.2) is 6.10 Å². The Labute approximate surface area is 455 Å². The fourth-order valence-corrected chi connectivity index (χ4v) is 9.81. The number of allylic oxidation sites excluding steroid dienone is 6. The van der Waals surface area contributed by atoms with E-state index < -0.39 is 6.10 Å². The molecule has 0 aromatic heterocycles. The van der Waals surface area contributed by atoms with E-state index in [1.54, 1.807) is 0 Å². The first-order valence-electron chi connectivity index (χ1n) is 32.5. The second-order valence-electron chi connectivity index (χ2n) is 22.0. The van der Waals surface area contributed by atoms with Gasteiger partial charge in [-0.15, -0.1) is 0 Å². The number of hydrogen-bond donors (Lipinski definition) is 0. The van der Waals surface area contributed by atoms with Gasteiger partial charge in [0.2, 0.25) is 0 Å². The Morgan fingerprint density at radius 1 is 0.288 bits per heavy atom. The number of rotatable bonds is 60. The van der Waals surface area contributed by atoms with Crippen molar-refractivity contribution in [2.75, 3.05) is 13.2 Å². The summed E-state index contributed by atoms with van der Waals surface area (Å²) in [5.74, 6) is -0.870. The van der Waals surface area contributed by atoms with E-state index in [4.69, 9.17) is 14.2 Å². The summed E-state index contributed by atoms with van der Waals surface area (Å²) in [5.41, 5.74) is 0. The third kappa shape index (κ3) is 60.4. The molecule has 1 atom stereocenters. The minimum atomic E-state index is -0.772. The molecule has 0 radical (unpaired) electrons. The molecule has 0 aliphatic rings. The van der Waals surface area contributed by atoms with Crippen molar-refractivity contribution >= 4 is 17.9 Å². The first kappa shape index (κ1) is 70.6. The van der Waals surface area contributed by atoms with Crippen LogP contribution in [0, 0.1) is 0 Å². The fourth-order valence-electron chi connectivity index (χ4n) is 9.81. The molecule has 0 N–H and O–H groups in total. The lowest BCUT2D eigenvalue weighted by atomic mass is 10.0. The molecule has 0 aliphatic carbocycles. The molecular formula is C67H124O6. The van der Waals surface area contributed by atoms with Crippen LogP contribution in [-0.2, 0) is 28.6 Å². The Balaban J connectivity index is 3.98. The molecule has 0 bridgehead atoms. The highest BCUT2D eigenvalue weighted by Crippen LogP contribution is 2.18. The standard InChI is InChI=1S/C67H124O6/c1-4-7-10-13-16-18-20-22-24-26-27-28-29-30-31-32-33-34-35-36-37-38-39-41-42-44-46-48-51-54-57-60-66(69)72-63-64(62-71-65(68)59-56-53-50-15-12-9-6-3)73-67(70)61-58-55-52-49-47-45-43-40-25-23-21-19-17-14-11-8-5-2/h8,11,17,19,23,25,64H,4-7,9-10,12-16,18,20-22,24,26-63H2,1-3H3/b11-8-,19-17-,25-23-. The van der Waals surface area contributed by atoms with Crippen LogP contribution < -0.4 is 0 Å². The number of unbranched alkanes of at least 4 members (excludes halogenated alkanes) is 43. The maximum atomic E-state index is 12.8. The van der Waals surface area contributed by atoms with Crippen molar-refractivity contribution < 1.29 is 28.6 Å². The molecule has 6 nitrogen and oxygen atoms in total. The van der Waals surface area contributed by atoms with E-state index in [0.29, 0.717) is 19.3 Å². The predicted octanol–water partition coefficient (Wildman–Crippen LogP) is 22.0. The highest BCUT2D eigenvalue weighted by Gasteiger charge is 2.19. The molecular weight excluding hydrogens is 901 g/mol. The number of carbonyl (C=O) groups is 3. The predicted molar refractivity (Wildman–Crippen MR) is 316 cm³/mol. The average molecular weight is 1030 g/mol. The van der Waals surface area contributed by atoms with Crippen LogP contribution in [0.5, 0.6) is 0 Å². The Bertz CT molecular complexity index is 1220. The van der Waals surface area contributed by atoms with Crippen LogP contribution in [0.15, 0.2) is 36.5 Å². The van der Waals surface area contributed by atoms with Crippen LogP contribution in [0.1, 0.15) is 355 Å². The SMILES string of the molecule is CC/C=C\C/C=C\C/C=C\CCCCCCCCCC(=O)OC(COC(=O)CCCCCCCCC)COC(=O)CCCCCCCCCCCCCCCCCCCCCCCCCCCCCCCCC. The molecule has 1 unspecified atom stereocenters. The maximum Gasteiger partial charge on any atom is 0.306 e. The summed E-state index contributed by atoms with van der Waals surface area (Å²) in [4.78, 5) is 38.0. The first-order valence-corrected chi connectivity index (χ1v) is 32.5. The monoisotopic (exact) mass is 1020 g/mol. The van der Waals surface area contributed by atoms with Gasteiger partial charge in [-0.1, -0.05) is 320 Å². The van der Waals surface area contributed by atoms with Crippen LogP contribution >= 0.6 is 0 Å². The Morgan fingerprint density at radius 2 is 0.534 bits per heavy atom. The zero-order chi connectivity index (χ0) is 52.9. The maximum absolute atomic E-state index is 12.8. The summed E-state index contributed by atoms with van der Waals surface area (Å²) in [6.45, 7) is 6.53. The van der Waals surface area contributed by atoms with E-state index in [2.05, 4.69) is 57.2 Å². The summed E-state index contributed by atoms with van der Waals surface area (Å²) in [7, 11) is 0. The van der Waals surface area contributed by atoms with E-state index in [-0.39, 0.29) is 31.1 Å². The van der Waals surface area contributed by atoms with Crippen molar-refractivity contribution in [1.82, 2.24) is 0 Å². The molecule has 0 heterocycles. The zero-order valence-electron chi connectivity index (χ0n) is 49.2. The number of carbonyl (C=O) groups excluding carboxylic acids is 3. The Hall–Kier alpha value is -2.37. The molecule has 0 aliphatic heterocycles. The molecule has 0 aromatic rings. The van der Waals surface area contributed by atoms with Crippen molar-refractivity contribution in [3.8, 4) is 0 Å².